The van der Waals surface area contributed by atoms with Crippen molar-refractivity contribution in [3.8, 4) is 34.4 Å². The lowest BCUT2D eigenvalue weighted by Gasteiger charge is -2.15. The smallest absolute Gasteiger partial charge is 0.194 e. The molecule has 26 heavy (non-hydrogen) atoms. The van der Waals surface area contributed by atoms with E-state index in [2.05, 4.69) is 12.1 Å². The van der Waals surface area contributed by atoms with Crippen molar-refractivity contribution >= 4 is 23.1 Å². The number of nitrogens with two attached hydrogens (primary N) is 1. The Morgan fingerprint density at radius 1 is 0.808 bits per heavy atom. The van der Waals surface area contributed by atoms with E-state index >= 15 is 0 Å². The van der Waals surface area contributed by atoms with Crippen LogP contribution in [-0.4, -0.2) is 5.78 Å². The second-order valence-electron chi connectivity index (χ2n) is 5.89. The SMILES string of the molecule is N#Cc1c(N)c(C#N)c2c(c1-c1ccc(Cl)cc1)C(=O)c1ccccc1-2. The number of halogens is 1. The van der Waals surface area contributed by atoms with Crippen molar-refractivity contribution in [2.24, 2.45) is 0 Å². The molecular weight excluding hydrogens is 346 g/mol. The largest absolute Gasteiger partial charge is 0.397 e. The van der Waals surface area contributed by atoms with E-state index in [-0.39, 0.29) is 22.6 Å². The molecule has 0 saturated heterocycles. The van der Waals surface area contributed by atoms with E-state index in [4.69, 9.17) is 17.3 Å². The summed E-state index contributed by atoms with van der Waals surface area (Å²) in [7, 11) is 0. The molecule has 0 bridgehead atoms. The van der Waals surface area contributed by atoms with Gasteiger partial charge in [0.1, 0.15) is 12.1 Å². The molecule has 3 aromatic carbocycles. The van der Waals surface area contributed by atoms with Crippen LogP contribution in [0.25, 0.3) is 22.3 Å². The van der Waals surface area contributed by atoms with E-state index in [1.54, 1.807) is 48.5 Å². The number of hydrogen-bond acceptors (Lipinski definition) is 4. The fourth-order valence-corrected chi connectivity index (χ4v) is 3.56. The standard InChI is InChI=1S/C21H10ClN3O/c22-12-7-5-11(6-8-12)17-15(9-23)20(25)16(10-24)18-13-3-1-2-4-14(13)21(26)19(17)18/h1-8H,25H2. The van der Waals surface area contributed by atoms with Crippen molar-refractivity contribution in [3.63, 3.8) is 0 Å². The molecule has 2 N–H and O–H groups in total. The Balaban J connectivity index is 2.21. The molecule has 5 heteroatoms. The highest BCUT2D eigenvalue weighted by atomic mass is 35.5. The molecule has 4 nitrogen and oxygen atoms in total. The zero-order chi connectivity index (χ0) is 18.4. The van der Waals surface area contributed by atoms with Crippen LogP contribution < -0.4 is 5.73 Å². The van der Waals surface area contributed by atoms with Gasteiger partial charge in [-0.3, -0.25) is 4.79 Å². The Labute approximate surface area is 154 Å². The van der Waals surface area contributed by atoms with Crippen LogP contribution in [0.15, 0.2) is 48.5 Å². The van der Waals surface area contributed by atoms with Crippen LogP contribution in [0.3, 0.4) is 0 Å². The minimum absolute atomic E-state index is 0.0863. The van der Waals surface area contributed by atoms with Gasteiger partial charge in [-0.2, -0.15) is 10.5 Å². The van der Waals surface area contributed by atoms with Gasteiger partial charge >= 0.3 is 0 Å². The molecule has 0 unspecified atom stereocenters. The average molecular weight is 356 g/mol. The normalized spacial score (nSPS) is 11.4. The molecule has 0 aromatic heterocycles. The minimum Gasteiger partial charge on any atom is -0.397 e. The van der Waals surface area contributed by atoms with E-state index in [0.717, 1.165) is 0 Å². The van der Waals surface area contributed by atoms with Crippen LogP contribution in [0.5, 0.6) is 0 Å². The molecule has 122 valence electrons. The van der Waals surface area contributed by atoms with Gasteiger partial charge in [-0.25, -0.2) is 0 Å². The first-order valence-electron chi connectivity index (χ1n) is 7.78. The summed E-state index contributed by atoms with van der Waals surface area (Å²) in [4.78, 5) is 13.1. The van der Waals surface area contributed by atoms with E-state index in [9.17, 15) is 15.3 Å². The molecule has 1 aliphatic rings. The fraction of sp³-hybridized carbons (Fsp3) is 0. The molecule has 1 aliphatic carbocycles. The second kappa shape index (κ2) is 5.74. The van der Waals surface area contributed by atoms with Gasteiger partial charge in [0.25, 0.3) is 0 Å². The highest BCUT2D eigenvalue weighted by Gasteiger charge is 2.35. The number of carbonyl (C=O) groups is 1. The van der Waals surface area contributed by atoms with E-state index < -0.39 is 0 Å². The van der Waals surface area contributed by atoms with Crippen molar-refractivity contribution < 1.29 is 4.79 Å². The topological polar surface area (TPSA) is 90.7 Å². The highest BCUT2D eigenvalue weighted by Crippen LogP contribution is 2.47. The van der Waals surface area contributed by atoms with Crippen molar-refractivity contribution in [2.75, 3.05) is 5.73 Å². The summed E-state index contributed by atoms with van der Waals surface area (Å²) < 4.78 is 0. The van der Waals surface area contributed by atoms with Crippen LogP contribution >= 0.6 is 11.6 Å². The van der Waals surface area contributed by atoms with Gasteiger partial charge in [-0.05, 0) is 23.3 Å². The molecule has 0 amide bonds. The maximum Gasteiger partial charge on any atom is 0.194 e. The third kappa shape index (κ3) is 2.04. The van der Waals surface area contributed by atoms with Gasteiger partial charge in [0.05, 0.1) is 16.8 Å². The molecule has 0 spiro atoms. The fourth-order valence-electron chi connectivity index (χ4n) is 3.44. The molecular formula is C21H10ClN3O. The average Bonchev–Trinajstić information content (AvgIpc) is 2.95. The Hall–Kier alpha value is -3.60. The molecule has 3 aromatic rings. The van der Waals surface area contributed by atoms with Crippen LogP contribution in [0.2, 0.25) is 5.02 Å². The van der Waals surface area contributed by atoms with E-state index in [0.29, 0.717) is 38.4 Å². The summed E-state index contributed by atoms with van der Waals surface area (Å²) in [5.74, 6) is -0.214. The number of fused-ring (bicyclic) bond motifs is 3. The van der Waals surface area contributed by atoms with Gasteiger partial charge < -0.3 is 5.73 Å². The third-order valence-corrected chi connectivity index (χ3v) is 4.82. The van der Waals surface area contributed by atoms with Crippen LogP contribution in [0.1, 0.15) is 27.0 Å². The van der Waals surface area contributed by atoms with Gasteiger partial charge in [0.2, 0.25) is 0 Å². The number of carbonyl (C=O) groups excluding carboxylic acids is 1. The summed E-state index contributed by atoms with van der Waals surface area (Å²) in [6.07, 6.45) is 0. The maximum absolute atomic E-state index is 13.1. The first-order chi connectivity index (χ1) is 12.6. The van der Waals surface area contributed by atoms with Gasteiger partial charge in [0.15, 0.2) is 5.78 Å². The lowest BCUT2D eigenvalue weighted by Crippen LogP contribution is -2.06. The second-order valence-corrected chi connectivity index (χ2v) is 6.33. The number of nitrogens with zero attached hydrogens (tertiary/aromatic N) is 2. The molecule has 0 saturated carbocycles. The van der Waals surface area contributed by atoms with Crippen molar-refractivity contribution in [1.82, 2.24) is 0 Å². The zero-order valence-corrected chi connectivity index (χ0v) is 14.1. The first kappa shape index (κ1) is 15.9. The van der Waals surface area contributed by atoms with E-state index in [1.807, 2.05) is 0 Å². The Bertz CT molecular complexity index is 1180. The monoisotopic (exact) mass is 355 g/mol. The van der Waals surface area contributed by atoms with Crippen molar-refractivity contribution in [2.45, 2.75) is 0 Å². The molecule has 0 atom stereocenters. The number of benzene rings is 3. The van der Waals surface area contributed by atoms with Crippen molar-refractivity contribution in [1.29, 1.82) is 10.5 Å². The summed E-state index contributed by atoms with van der Waals surface area (Å²) in [6.45, 7) is 0. The Morgan fingerprint density at radius 3 is 2.00 bits per heavy atom. The molecule has 0 aliphatic heterocycles. The molecule has 4 rings (SSSR count). The summed E-state index contributed by atoms with van der Waals surface area (Å²) in [5.41, 5.74) is 9.64. The van der Waals surface area contributed by atoms with Crippen LogP contribution in [0, 0.1) is 22.7 Å². The van der Waals surface area contributed by atoms with E-state index in [1.165, 1.54) is 0 Å². The number of nitrogen functional groups attached to an aromatic ring is 1. The summed E-state index contributed by atoms with van der Waals surface area (Å²) in [5, 5.41) is 19.9. The summed E-state index contributed by atoms with van der Waals surface area (Å²) in [6, 6.07) is 18.1. The van der Waals surface area contributed by atoms with Gasteiger partial charge in [-0.1, -0.05) is 48.0 Å². The Morgan fingerprint density at radius 2 is 1.38 bits per heavy atom. The third-order valence-electron chi connectivity index (χ3n) is 4.56. The van der Waals surface area contributed by atoms with Crippen LogP contribution in [-0.2, 0) is 0 Å². The van der Waals surface area contributed by atoms with Crippen LogP contribution in [0.4, 0.5) is 5.69 Å². The quantitative estimate of drug-likeness (QED) is 0.507. The minimum atomic E-state index is -0.214. The van der Waals surface area contributed by atoms with Crippen molar-refractivity contribution in [3.05, 3.63) is 75.8 Å². The predicted molar refractivity (Wildman–Crippen MR) is 99.6 cm³/mol. The predicted octanol–water partition coefficient (Wildman–Crippen LogP) is 4.54. The van der Waals surface area contributed by atoms with Gasteiger partial charge in [-0.15, -0.1) is 0 Å². The Kier molecular flexibility index (Phi) is 3.51. The molecule has 0 heterocycles. The molecule has 0 fully saturated rings. The highest BCUT2D eigenvalue weighted by molar-refractivity contribution is 6.30. The first-order valence-corrected chi connectivity index (χ1v) is 8.16. The summed E-state index contributed by atoms with van der Waals surface area (Å²) >= 11 is 5.97. The maximum atomic E-state index is 13.1. The molecule has 0 radical (unpaired) electrons. The van der Waals surface area contributed by atoms with Gasteiger partial charge in [0, 0.05) is 27.3 Å². The number of hydrogen-bond donors (Lipinski definition) is 1. The number of ketones is 1. The number of rotatable bonds is 1. The number of nitriles is 2. The number of anilines is 1. The lowest BCUT2D eigenvalue weighted by molar-refractivity contribution is 0.104. The lowest BCUT2D eigenvalue weighted by atomic mass is 9.86. The zero-order valence-electron chi connectivity index (χ0n) is 13.4.